The number of rotatable bonds is 2. The number of aliphatic hydroxyl groups is 1. The van der Waals surface area contributed by atoms with Crippen LogP contribution in [0.3, 0.4) is 0 Å². The van der Waals surface area contributed by atoms with E-state index in [4.69, 9.17) is 5.11 Å². The zero-order valence-electron chi connectivity index (χ0n) is 10.1. The van der Waals surface area contributed by atoms with Crippen LogP contribution in [-0.4, -0.2) is 34.8 Å². The van der Waals surface area contributed by atoms with Crippen molar-refractivity contribution >= 4 is 17.0 Å². The summed E-state index contributed by atoms with van der Waals surface area (Å²) in [5.41, 5.74) is 1.52. The van der Waals surface area contributed by atoms with Crippen molar-refractivity contribution in [2.75, 3.05) is 24.6 Å². The molecule has 1 aliphatic heterocycles. The molecular weight excluding hydrogens is 233 g/mol. The number of imidazole rings is 1. The SMILES string of the molecule is OCC1CCN(c2nc3ccc(F)cc3[nH]2)CC1. The molecule has 0 atom stereocenters. The first kappa shape index (κ1) is 11.5. The maximum atomic E-state index is 13.1. The number of hydrogen-bond acceptors (Lipinski definition) is 3. The van der Waals surface area contributed by atoms with Gasteiger partial charge in [0.25, 0.3) is 0 Å². The maximum Gasteiger partial charge on any atom is 0.203 e. The van der Waals surface area contributed by atoms with Crippen LogP contribution in [0.4, 0.5) is 10.3 Å². The number of piperidine rings is 1. The number of nitrogens with one attached hydrogen (secondary N) is 1. The van der Waals surface area contributed by atoms with Gasteiger partial charge in [0.2, 0.25) is 5.95 Å². The van der Waals surface area contributed by atoms with Crippen molar-refractivity contribution in [3.05, 3.63) is 24.0 Å². The second-order valence-electron chi connectivity index (χ2n) is 4.83. The van der Waals surface area contributed by atoms with Crippen LogP contribution in [0.1, 0.15) is 12.8 Å². The van der Waals surface area contributed by atoms with Crippen molar-refractivity contribution in [1.82, 2.24) is 9.97 Å². The highest BCUT2D eigenvalue weighted by atomic mass is 19.1. The van der Waals surface area contributed by atoms with Gasteiger partial charge >= 0.3 is 0 Å². The number of halogens is 1. The molecule has 4 nitrogen and oxygen atoms in total. The van der Waals surface area contributed by atoms with Gasteiger partial charge in [0.05, 0.1) is 11.0 Å². The van der Waals surface area contributed by atoms with Gasteiger partial charge < -0.3 is 15.0 Å². The number of nitrogens with zero attached hydrogens (tertiary/aromatic N) is 2. The van der Waals surface area contributed by atoms with E-state index >= 15 is 0 Å². The lowest BCUT2D eigenvalue weighted by atomic mass is 9.98. The fraction of sp³-hybridized carbons (Fsp3) is 0.462. The number of H-pyrrole nitrogens is 1. The van der Waals surface area contributed by atoms with Gasteiger partial charge in [0.1, 0.15) is 5.82 Å². The Bertz CT molecular complexity index is 546. The highest BCUT2D eigenvalue weighted by Crippen LogP contribution is 2.23. The van der Waals surface area contributed by atoms with E-state index in [0.717, 1.165) is 42.9 Å². The zero-order valence-corrected chi connectivity index (χ0v) is 10.1. The molecule has 1 aliphatic rings. The zero-order chi connectivity index (χ0) is 12.5. The second-order valence-corrected chi connectivity index (χ2v) is 4.83. The Balaban J connectivity index is 1.82. The van der Waals surface area contributed by atoms with E-state index in [1.54, 1.807) is 6.07 Å². The Morgan fingerprint density at radius 1 is 1.39 bits per heavy atom. The van der Waals surface area contributed by atoms with Crippen molar-refractivity contribution in [2.24, 2.45) is 5.92 Å². The number of aliphatic hydroxyl groups excluding tert-OH is 1. The lowest BCUT2D eigenvalue weighted by molar-refractivity contribution is 0.202. The summed E-state index contributed by atoms with van der Waals surface area (Å²) in [7, 11) is 0. The van der Waals surface area contributed by atoms with Gasteiger partial charge in [-0.1, -0.05) is 0 Å². The highest BCUT2D eigenvalue weighted by molar-refractivity contribution is 5.77. The van der Waals surface area contributed by atoms with Crippen LogP contribution in [0.2, 0.25) is 0 Å². The van der Waals surface area contributed by atoms with Gasteiger partial charge in [-0.25, -0.2) is 9.37 Å². The van der Waals surface area contributed by atoms with Crippen LogP contribution < -0.4 is 4.90 Å². The van der Waals surface area contributed by atoms with Crippen LogP contribution in [0, 0.1) is 11.7 Å². The molecule has 0 spiro atoms. The van der Waals surface area contributed by atoms with Gasteiger partial charge in [-0.3, -0.25) is 0 Å². The van der Waals surface area contributed by atoms with Gasteiger partial charge in [0, 0.05) is 19.7 Å². The quantitative estimate of drug-likeness (QED) is 0.854. The fourth-order valence-corrected chi connectivity index (χ4v) is 2.45. The van der Waals surface area contributed by atoms with E-state index in [-0.39, 0.29) is 12.4 Å². The number of aromatic amines is 1. The molecule has 0 amide bonds. The standard InChI is InChI=1S/C13H16FN3O/c14-10-1-2-11-12(7-10)16-13(15-11)17-5-3-9(8-18)4-6-17/h1-2,7,9,18H,3-6,8H2,(H,15,16). The van der Waals surface area contributed by atoms with Crippen molar-refractivity contribution in [3.8, 4) is 0 Å². The van der Waals surface area contributed by atoms with E-state index in [1.165, 1.54) is 12.1 Å². The van der Waals surface area contributed by atoms with Crippen LogP contribution in [0.15, 0.2) is 18.2 Å². The molecule has 2 N–H and O–H groups in total. The Hall–Kier alpha value is -1.62. The van der Waals surface area contributed by atoms with Gasteiger partial charge in [0.15, 0.2) is 0 Å². The summed E-state index contributed by atoms with van der Waals surface area (Å²) in [5.74, 6) is 0.951. The summed E-state index contributed by atoms with van der Waals surface area (Å²) < 4.78 is 13.1. The number of anilines is 1. The maximum absolute atomic E-state index is 13.1. The molecule has 1 fully saturated rings. The van der Waals surface area contributed by atoms with Crippen molar-refractivity contribution in [3.63, 3.8) is 0 Å². The lowest BCUT2D eigenvalue weighted by Gasteiger charge is -2.30. The Morgan fingerprint density at radius 3 is 2.89 bits per heavy atom. The Labute approximate surface area is 104 Å². The van der Waals surface area contributed by atoms with Crippen molar-refractivity contribution < 1.29 is 9.50 Å². The minimum absolute atomic E-state index is 0.253. The molecule has 2 heterocycles. The molecule has 0 saturated carbocycles. The molecule has 3 rings (SSSR count). The first-order valence-electron chi connectivity index (χ1n) is 6.27. The van der Waals surface area contributed by atoms with Crippen molar-refractivity contribution in [2.45, 2.75) is 12.8 Å². The van der Waals surface area contributed by atoms with E-state index in [1.807, 2.05) is 0 Å². The van der Waals surface area contributed by atoms with Gasteiger partial charge in [-0.15, -0.1) is 0 Å². The Morgan fingerprint density at radius 2 is 2.17 bits per heavy atom. The van der Waals surface area contributed by atoms with Crippen molar-refractivity contribution in [1.29, 1.82) is 0 Å². The molecule has 1 aromatic heterocycles. The van der Waals surface area contributed by atoms with Crippen LogP contribution in [-0.2, 0) is 0 Å². The lowest BCUT2D eigenvalue weighted by Crippen LogP contribution is -2.35. The number of aromatic nitrogens is 2. The third kappa shape index (κ3) is 2.06. The normalized spacial score (nSPS) is 17.6. The average molecular weight is 249 g/mol. The summed E-state index contributed by atoms with van der Waals surface area (Å²) >= 11 is 0. The minimum Gasteiger partial charge on any atom is -0.396 e. The smallest absolute Gasteiger partial charge is 0.203 e. The van der Waals surface area contributed by atoms with E-state index in [0.29, 0.717) is 5.92 Å². The first-order chi connectivity index (χ1) is 8.76. The van der Waals surface area contributed by atoms with Gasteiger partial charge in [-0.05, 0) is 37.0 Å². The van der Waals surface area contributed by atoms with E-state index in [2.05, 4.69) is 14.9 Å². The molecular formula is C13H16FN3O. The monoisotopic (exact) mass is 249 g/mol. The highest BCUT2D eigenvalue weighted by Gasteiger charge is 2.20. The Kier molecular flexibility index (Phi) is 2.91. The third-order valence-electron chi connectivity index (χ3n) is 3.60. The summed E-state index contributed by atoms with van der Waals surface area (Å²) in [6.07, 6.45) is 1.95. The van der Waals surface area contributed by atoms with Crippen LogP contribution in [0.25, 0.3) is 11.0 Å². The predicted molar refractivity (Wildman–Crippen MR) is 68.1 cm³/mol. The molecule has 96 valence electrons. The molecule has 0 aliphatic carbocycles. The van der Waals surface area contributed by atoms with E-state index in [9.17, 15) is 4.39 Å². The van der Waals surface area contributed by atoms with Gasteiger partial charge in [-0.2, -0.15) is 0 Å². The van der Waals surface area contributed by atoms with Crippen LogP contribution in [0.5, 0.6) is 0 Å². The number of hydrogen-bond donors (Lipinski definition) is 2. The predicted octanol–water partition coefficient (Wildman–Crippen LogP) is 1.91. The molecule has 18 heavy (non-hydrogen) atoms. The van der Waals surface area contributed by atoms with Crippen LogP contribution >= 0.6 is 0 Å². The molecule has 1 aromatic carbocycles. The molecule has 5 heteroatoms. The summed E-state index contributed by atoms with van der Waals surface area (Å²) in [4.78, 5) is 9.78. The molecule has 2 aromatic rings. The fourth-order valence-electron chi connectivity index (χ4n) is 2.45. The topological polar surface area (TPSA) is 52.1 Å². The summed E-state index contributed by atoms with van der Waals surface area (Å²) in [6, 6.07) is 4.57. The molecule has 0 bridgehead atoms. The number of benzene rings is 1. The molecule has 0 unspecified atom stereocenters. The summed E-state index contributed by atoms with van der Waals surface area (Å²) in [6.45, 7) is 2.03. The largest absolute Gasteiger partial charge is 0.396 e. The third-order valence-corrected chi connectivity index (χ3v) is 3.60. The average Bonchev–Trinajstić information content (AvgIpc) is 2.81. The number of fused-ring (bicyclic) bond motifs is 1. The van der Waals surface area contributed by atoms with E-state index < -0.39 is 0 Å². The summed E-state index contributed by atoms with van der Waals surface area (Å²) in [5, 5.41) is 9.11. The minimum atomic E-state index is -0.253. The second kappa shape index (κ2) is 4.57. The molecule has 0 radical (unpaired) electrons. The first-order valence-corrected chi connectivity index (χ1v) is 6.27. The molecule has 1 saturated heterocycles.